The van der Waals surface area contributed by atoms with E-state index in [1.807, 2.05) is 17.0 Å². The molecule has 3 aliphatic heterocycles. The smallest absolute Gasteiger partial charge is 0.254 e. The van der Waals surface area contributed by atoms with Gasteiger partial charge in [-0.3, -0.25) is 9.69 Å². The van der Waals surface area contributed by atoms with Crippen LogP contribution >= 0.6 is 0 Å². The molecule has 1 aromatic carbocycles. The predicted molar refractivity (Wildman–Crippen MR) is 112 cm³/mol. The van der Waals surface area contributed by atoms with Crippen LogP contribution in [0.4, 0.5) is 0 Å². The number of morpholine rings is 1. The van der Waals surface area contributed by atoms with Gasteiger partial charge in [0.05, 0.1) is 13.2 Å². The average molecular weight is 390 g/mol. The summed E-state index contributed by atoms with van der Waals surface area (Å²) in [4.78, 5) is 17.1. The minimum absolute atomic E-state index is 0.147. The molecular formula is C21H35N5O2. The summed E-state index contributed by atoms with van der Waals surface area (Å²) in [5, 5.41) is 9.81. The van der Waals surface area contributed by atoms with Gasteiger partial charge in [-0.1, -0.05) is 17.7 Å². The van der Waals surface area contributed by atoms with Crippen molar-refractivity contribution in [2.75, 3.05) is 78.7 Å². The monoisotopic (exact) mass is 389 g/mol. The van der Waals surface area contributed by atoms with Crippen LogP contribution in [-0.2, 0) is 11.3 Å². The largest absolute Gasteiger partial charge is 0.378 e. The lowest BCUT2D eigenvalue weighted by atomic mass is 10.0. The molecule has 3 fully saturated rings. The lowest BCUT2D eigenvalue weighted by Crippen LogP contribution is -2.44. The summed E-state index contributed by atoms with van der Waals surface area (Å²) in [6, 6.07) is 6.19. The number of ether oxygens (including phenoxy) is 1. The molecule has 28 heavy (non-hydrogen) atoms. The average Bonchev–Trinajstić information content (AvgIpc) is 2.76. The van der Waals surface area contributed by atoms with Crippen LogP contribution in [0.3, 0.4) is 0 Å². The Morgan fingerprint density at radius 2 is 1.54 bits per heavy atom. The van der Waals surface area contributed by atoms with Gasteiger partial charge in [0.1, 0.15) is 0 Å². The number of rotatable bonds is 3. The lowest BCUT2D eigenvalue weighted by molar-refractivity contribution is 0.0301. The molecule has 0 aliphatic carbocycles. The molecule has 0 spiro atoms. The Bertz CT molecular complexity index is 597. The molecule has 3 aliphatic rings. The molecular weight excluding hydrogens is 354 g/mol. The summed E-state index contributed by atoms with van der Waals surface area (Å²) in [5.74, 6) is 0.147. The normalized spacial score (nSPS) is 21.0. The SMILES string of the molecule is C1CNCCN1.Cc1ccc(C(=O)N2CCOCC2)c(CN2CCNCC2)c1. The first-order valence-electron chi connectivity index (χ1n) is 10.5. The van der Waals surface area contributed by atoms with E-state index in [0.717, 1.165) is 70.0 Å². The standard InChI is InChI=1S/C17H25N3O2.C4H10N2/c1-14-2-3-16(17(21)20-8-10-22-11-9-20)15(12-14)13-19-6-4-18-5-7-19;1-2-6-4-3-5-1/h2-3,12,18H,4-11,13H2,1H3;5-6H,1-4H2. The van der Waals surface area contributed by atoms with Gasteiger partial charge in [-0.25, -0.2) is 0 Å². The van der Waals surface area contributed by atoms with Crippen molar-refractivity contribution in [1.82, 2.24) is 25.8 Å². The van der Waals surface area contributed by atoms with Crippen molar-refractivity contribution >= 4 is 5.91 Å². The number of nitrogens with one attached hydrogen (secondary N) is 3. The van der Waals surface area contributed by atoms with Crippen molar-refractivity contribution in [1.29, 1.82) is 0 Å². The van der Waals surface area contributed by atoms with E-state index in [1.165, 1.54) is 5.56 Å². The van der Waals surface area contributed by atoms with E-state index in [0.29, 0.717) is 26.3 Å². The summed E-state index contributed by atoms with van der Waals surface area (Å²) >= 11 is 0. The topological polar surface area (TPSA) is 68.9 Å². The minimum atomic E-state index is 0.147. The van der Waals surface area contributed by atoms with E-state index >= 15 is 0 Å². The van der Waals surface area contributed by atoms with Crippen molar-refractivity contribution < 1.29 is 9.53 Å². The number of carbonyl (C=O) groups excluding carboxylic acids is 1. The molecule has 7 heteroatoms. The zero-order valence-corrected chi connectivity index (χ0v) is 17.1. The Morgan fingerprint density at radius 3 is 2.14 bits per heavy atom. The maximum atomic E-state index is 12.8. The van der Waals surface area contributed by atoms with Crippen LogP contribution < -0.4 is 16.0 Å². The molecule has 0 aromatic heterocycles. The zero-order chi connectivity index (χ0) is 19.6. The molecule has 0 unspecified atom stereocenters. The van der Waals surface area contributed by atoms with Gasteiger partial charge in [-0.15, -0.1) is 0 Å². The fourth-order valence-electron chi connectivity index (χ4n) is 3.71. The summed E-state index contributed by atoms with van der Waals surface area (Å²) in [6.45, 7) is 14.3. The Kier molecular flexibility index (Phi) is 8.70. The second-order valence-corrected chi connectivity index (χ2v) is 7.59. The summed E-state index contributed by atoms with van der Waals surface area (Å²) in [5.41, 5.74) is 3.22. The third kappa shape index (κ3) is 6.53. The summed E-state index contributed by atoms with van der Waals surface area (Å²) in [6.07, 6.45) is 0. The van der Waals surface area contributed by atoms with Crippen LogP contribution in [0.1, 0.15) is 21.5 Å². The number of amides is 1. The molecule has 0 radical (unpaired) electrons. The van der Waals surface area contributed by atoms with Crippen molar-refractivity contribution in [3.05, 3.63) is 34.9 Å². The van der Waals surface area contributed by atoms with Gasteiger partial charge in [0.15, 0.2) is 0 Å². The fourth-order valence-corrected chi connectivity index (χ4v) is 3.71. The van der Waals surface area contributed by atoms with Gasteiger partial charge in [-0.05, 0) is 18.6 Å². The highest BCUT2D eigenvalue weighted by atomic mass is 16.5. The zero-order valence-electron chi connectivity index (χ0n) is 17.1. The second-order valence-electron chi connectivity index (χ2n) is 7.59. The first-order chi connectivity index (χ1) is 13.7. The number of nitrogens with zero attached hydrogens (tertiary/aromatic N) is 2. The first kappa shape index (κ1) is 21.2. The van der Waals surface area contributed by atoms with Gasteiger partial charge in [0, 0.05) is 77.6 Å². The molecule has 1 amide bonds. The quantitative estimate of drug-likeness (QED) is 0.679. The molecule has 0 bridgehead atoms. The van der Waals surface area contributed by atoms with E-state index in [9.17, 15) is 4.79 Å². The number of benzene rings is 1. The van der Waals surface area contributed by atoms with Gasteiger partial charge in [0.25, 0.3) is 5.91 Å². The van der Waals surface area contributed by atoms with Crippen molar-refractivity contribution in [3.63, 3.8) is 0 Å². The van der Waals surface area contributed by atoms with Crippen LogP contribution in [0.15, 0.2) is 18.2 Å². The molecule has 156 valence electrons. The predicted octanol–water partition coefficient (Wildman–Crippen LogP) is 0.0518. The van der Waals surface area contributed by atoms with Gasteiger partial charge >= 0.3 is 0 Å². The molecule has 7 nitrogen and oxygen atoms in total. The fraction of sp³-hybridized carbons (Fsp3) is 0.667. The minimum Gasteiger partial charge on any atom is -0.378 e. The van der Waals surface area contributed by atoms with E-state index in [2.05, 4.69) is 33.8 Å². The van der Waals surface area contributed by atoms with Crippen LogP contribution in [0.25, 0.3) is 0 Å². The number of hydrogen-bond acceptors (Lipinski definition) is 6. The van der Waals surface area contributed by atoms with Crippen molar-refractivity contribution in [2.45, 2.75) is 13.5 Å². The number of hydrogen-bond donors (Lipinski definition) is 3. The number of carbonyl (C=O) groups is 1. The highest BCUT2D eigenvalue weighted by Gasteiger charge is 2.22. The third-order valence-electron chi connectivity index (χ3n) is 5.35. The van der Waals surface area contributed by atoms with Crippen LogP contribution in [0.2, 0.25) is 0 Å². The van der Waals surface area contributed by atoms with Crippen LogP contribution in [0, 0.1) is 6.92 Å². The molecule has 4 rings (SSSR count). The Labute approximate surface area is 168 Å². The van der Waals surface area contributed by atoms with E-state index in [1.54, 1.807) is 0 Å². The summed E-state index contributed by atoms with van der Waals surface area (Å²) in [7, 11) is 0. The Hall–Kier alpha value is -1.51. The molecule has 1 aromatic rings. The Morgan fingerprint density at radius 1 is 0.929 bits per heavy atom. The first-order valence-corrected chi connectivity index (χ1v) is 10.5. The number of piperazine rings is 2. The maximum Gasteiger partial charge on any atom is 0.254 e. The summed E-state index contributed by atoms with van der Waals surface area (Å²) < 4.78 is 5.35. The van der Waals surface area contributed by atoms with Crippen LogP contribution in [-0.4, -0.2) is 94.4 Å². The highest BCUT2D eigenvalue weighted by molar-refractivity contribution is 5.95. The van der Waals surface area contributed by atoms with Gasteiger partial charge in [-0.2, -0.15) is 0 Å². The molecule has 0 atom stereocenters. The molecule has 3 N–H and O–H groups in total. The van der Waals surface area contributed by atoms with Crippen molar-refractivity contribution in [2.24, 2.45) is 0 Å². The van der Waals surface area contributed by atoms with E-state index in [-0.39, 0.29) is 5.91 Å². The van der Waals surface area contributed by atoms with Crippen LogP contribution in [0.5, 0.6) is 0 Å². The van der Waals surface area contributed by atoms with E-state index < -0.39 is 0 Å². The van der Waals surface area contributed by atoms with E-state index in [4.69, 9.17) is 4.74 Å². The molecule has 3 heterocycles. The third-order valence-corrected chi connectivity index (χ3v) is 5.35. The van der Waals surface area contributed by atoms with Crippen molar-refractivity contribution in [3.8, 4) is 0 Å². The molecule has 3 saturated heterocycles. The molecule has 0 saturated carbocycles. The van der Waals surface area contributed by atoms with Gasteiger partial charge in [0.2, 0.25) is 0 Å². The lowest BCUT2D eigenvalue weighted by Gasteiger charge is -2.30. The van der Waals surface area contributed by atoms with Gasteiger partial charge < -0.3 is 25.6 Å². The second kappa shape index (κ2) is 11.5. The number of aryl methyl sites for hydroxylation is 1. The maximum absolute atomic E-state index is 12.8. The highest BCUT2D eigenvalue weighted by Crippen LogP contribution is 2.17. The Balaban J connectivity index is 0.000000320.